The highest BCUT2D eigenvalue weighted by molar-refractivity contribution is 5.83. The number of allylic oxidation sites excluding steroid dienone is 1. The van der Waals surface area contributed by atoms with Gasteiger partial charge in [0.05, 0.1) is 0 Å². The minimum absolute atomic E-state index is 0.623. The van der Waals surface area contributed by atoms with Crippen LogP contribution < -0.4 is 5.32 Å². The van der Waals surface area contributed by atoms with Crippen molar-refractivity contribution in [1.29, 1.82) is 0 Å². The summed E-state index contributed by atoms with van der Waals surface area (Å²) in [4.78, 5) is 10.3. The Morgan fingerprint density at radius 2 is 2.31 bits per heavy atom. The molecule has 0 bridgehead atoms. The SMILES string of the molecule is O=C(O)Nc1ccc2c(c1)C=CC2. The van der Waals surface area contributed by atoms with Gasteiger partial charge in [-0.2, -0.15) is 0 Å². The zero-order valence-electron chi connectivity index (χ0n) is 6.95. The highest BCUT2D eigenvalue weighted by atomic mass is 16.4. The summed E-state index contributed by atoms with van der Waals surface area (Å²) in [6.07, 6.45) is 3.99. The van der Waals surface area contributed by atoms with E-state index in [1.165, 1.54) is 5.56 Å². The van der Waals surface area contributed by atoms with E-state index in [0.29, 0.717) is 5.69 Å². The van der Waals surface area contributed by atoms with Crippen LogP contribution in [0.4, 0.5) is 10.5 Å². The van der Waals surface area contributed by atoms with Crippen LogP contribution >= 0.6 is 0 Å². The van der Waals surface area contributed by atoms with Crippen LogP contribution in [0.5, 0.6) is 0 Å². The Hall–Kier alpha value is -1.77. The average Bonchev–Trinajstić information content (AvgIpc) is 2.49. The summed E-state index contributed by atoms with van der Waals surface area (Å²) in [6.45, 7) is 0. The number of anilines is 1. The van der Waals surface area contributed by atoms with E-state index in [9.17, 15) is 4.79 Å². The van der Waals surface area contributed by atoms with Gasteiger partial charge in [0.15, 0.2) is 0 Å². The molecular weight excluding hydrogens is 166 g/mol. The van der Waals surface area contributed by atoms with Gasteiger partial charge in [-0.05, 0) is 29.7 Å². The normalized spacial score (nSPS) is 12.6. The van der Waals surface area contributed by atoms with E-state index in [-0.39, 0.29) is 0 Å². The minimum Gasteiger partial charge on any atom is -0.465 e. The number of amides is 1. The van der Waals surface area contributed by atoms with Gasteiger partial charge in [0, 0.05) is 5.69 Å². The van der Waals surface area contributed by atoms with Crippen molar-refractivity contribution in [3.63, 3.8) is 0 Å². The number of benzene rings is 1. The molecule has 0 saturated carbocycles. The second kappa shape index (κ2) is 2.94. The Kier molecular flexibility index (Phi) is 1.77. The van der Waals surface area contributed by atoms with Gasteiger partial charge >= 0.3 is 6.09 Å². The van der Waals surface area contributed by atoms with Gasteiger partial charge in [0.2, 0.25) is 0 Å². The molecule has 2 N–H and O–H groups in total. The molecule has 13 heavy (non-hydrogen) atoms. The summed E-state index contributed by atoms with van der Waals surface area (Å²) in [7, 11) is 0. The van der Waals surface area contributed by atoms with Gasteiger partial charge in [0.1, 0.15) is 0 Å². The van der Waals surface area contributed by atoms with Crippen molar-refractivity contribution in [3.05, 3.63) is 35.4 Å². The molecule has 3 nitrogen and oxygen atoms in total. The Morgan fingerprint density at radius 1 is 1.46 bits per heavy atom. The monoisotopic (exact) mass is 175 g/mol. The van der Waals surface area contributed by atoms with E-state index in [0.717, 1.165) is 12.0 Å². The fraction of sp³-hybridized carbons (Fsp3) is 0.100. The fourth-order valence-corrected chi connectivity index (χ4v) is 1.45. The molecule has 0 saturated heterocycles. The molecule has 1 aliphatic carbocycles. The predicted molar refractivity (Wildman–Crippen MR) is 50.8 cm³/mol. The largest absolute Gasteiger partial charge is 0.465 e. The molecule has 0 heterocycles. The molecule has 1 amide bonds. The first-order chi connectivity index (χ1) is 6.25. The van der Waals surface area contributed by atoms with Crippen LogP contribution in [0.2, 0.25) is 0 Å². The third kappa shape index (κ3) is 1.54. The molecule has 1 aliphatic rings. The molecule has 0 unspecified atom stereocenters. The zero-order valence-corrected chi connectivity index (χ0v) is 6.95. The van der Waals surface area contributed by atoms with Crippen molar-refractivity contribution >= 4 is 17.9 Å². The van der Waals surface area contributed by atoms with E-state index < -0.39 is 6.09 Å². The Bertz CT molecular complexity index is 383. The standard InChI is InChI=1S/C10H9NO2/c12-10(13)11-9-5-4-7-2-1-3-8(7)6-9/h1,3-6,11H,2H2,(H,12,13). The first-order valence-electron chi connectivity index (χ1n) is 4.05. The van der Waals surface area contributed by atoms with Crippen LogP contribution in [0, 0.1) is 0 Å². The molecule has 0 aromatic heterocycles. The molecule has 2 rings (SSSR count). The Morgan fingerprint density at radius 3 is 3.08 bits per heavy atom. The summed E-state index contributed by atoms with van der Waals surface area (Å²) >= 11 is 0. The van der Waals surface area contributed by atoms with Crippen LogP contribution in [-0.2, 0) is 6.42 Å². The van der Waals surface area contributed by atoms with Crippen molar-refractivity contribution in [2.75, 3.05) is 5.32 Å². The first kappa shape index (κ1) is 7.86. The van der Waals surface area contributed by atoms with Crippen molar-refractivity contribution in [3.8, 4) is 0 Å². The topological polar surface area (TPSA) is 49.3 Å². The second-order valence-electron chi connectivity index (χ2n) is 2.95. The maximum absolute atomic E-state index is 10.3. The fourth-order valence-electron chi connectivity index (χ4n) is 1.45. The van der Waals surface area contributed by atoms with Crippen molar-refractivity contribution in [2.24, 2.45) is 0 Å². The molecule has 1 aromatic carbocycles. The Balaban J connectivity index is 2.30. The smallest absolute Gasteiger partial charge is 0.409 e. The zero-order chi connectivity index (χ0) is 9.26. The van der Waals surface area contributed by atoms with Crippen LogP contribution in [0.1, 0.15) is 11.1 Å². The molecule has 0 atom stereocenters. The van der Waals surface area contributed by atoms with E-state index in [2.05, 4.69) is 11.4 Å². The molecule has 0 radical (unpaired) electrons. The third-order valence-corrected chi connectivity index (χ3v) is 2.03. The molecular formula is C10H9NO2. The number of rotatable bonds is 1. The van der Waals surface area contributed by atoms with E-state index >= 15 is 0 Å². The van der Waals surface area contributed by atoms with Gasteiger partial charge in [-0.3, -0.25) is 5.32 Å². The van der Waals surface area contributed by atoms with Crippen LogP contribution in [0.25, 0.3) is 6.08 Å². The van der Waals surface area contributed by atoms with E-state index in [1.54, 1.807) is 6.07 Å². The lowest BCUT2D eigenvalue weighted by molar-refractivity contribution is 0.210. The maximum Gasteiger partial charge on any atom is 0.409 e. The van der Waals surface area contributed by atoms with Crippen molar-refractivity contribution < 1.29 is 9.90 Å². The maximum atomic E-state index is 10.3. The third-order valence-electron chi connectivity index (χ3n) is 2.03. The van der Waals surface area contributed by atoms with Crippen LogP contribution in [0.15, 0.2) is 24.3 Å². The molecule has 0 spiro atoms. The summed E-state index contributed by atoms with van der Waals surface area (Å²) in [5.74, 6) is 0. The first-order valence-corrected chi connectivity index (χ1v) is 4.05. The highest BCUT2D eigenvalue weighted by Gasteiger charge is 2.06. The molecule has 0 aliphatic heterocycles. The molecule has 3 heteroatoms. The van der Waals surface area contributed by atoms with Gasteiger partial charge < -0.3 is 5.11 Å². The summed E-state index contributed by atoms with van der Waals surface area (Å²) < 4.78 is 0. The number of hydrogen-bond donors (Lipinski definition) is 2. The number of fused-ring (bicyclic) bond motifs is 1. The van der Waals surface area contributed by atoms with Crippen LogP contribution in [0.3, 0.4) is 0 Å². The van der Waals surface area contributed by atoms with Gasteiger partial charge in [0.25, 0.3) is 0 Å². The summed E-state index contributed by atoms with van der Waals surface area (Å²) in [5.41, 5.74) is 2.97. The second-order valence-corrected chi connectivity index (χ2v) is 2.95. The van der Waals surface area contributed by atoms with Crippen molar-refractivity contribution in [2.45, 2.75) is 6.42 Å². The number of carboxylic acid groups (broad SMARTS) is 1. The molecule has 66 valence electrons. The van der Waals surface area contributed by atoms with E-state index in [4.69, 9.17) is 5.11 Å². The van der Waals surface area contributed by atoms with Gasteiger partial charge in [-0.25, -0.2) is 4.79 Å². The summed E-state index contributed by atoms with van der Waals surface area (Å²) in [5, 5.41) is 10.8. The van der Waals surface area contributed by atoms with E-state index in [1.807, 2.05) is 18.2 Å². The highest BCUT2D eigenvalue weighted by Crippen LogP contribution is 2.22. The lowest BCUT2D eigenvalue weighted by Crippen LogP contribution is -2.07. The molecule has 1 aromatic rings. The minimum atomic E-state index is -1.03. The molecule has 0 fully saturated rings. The number of carbonyl (C=O) groups is 1. The number of hydrogen-bond acceptors (Lipinski definition) is 1. The lowest BCUT2D eigenvalue weighted by Gasteiger charge is -2.03. The van der Waals surface area contributed by atoms with Gasteiger partial charge in [-0.1, -0.05) is 18.2 Å². The summed E-state index contributed by atoms with van der Waals surface area (Å²) in [6, 6.07) is 5.56. The van der Waals surface area contributed by atoms with Crippen LogP contribution in [-0.4, -0.2) is 11.2 Å². The Labute approximate surface area is 75.7 Å². The quantitative estimate of drug-likeness (QED) is 0.688. The predicted octanol–water partition coefficient (Wildman–Crippen LogP) is 2.35. The average molecular weight is 175 g/mol. The number of nitrogens with one attached hydrogen (secondary N) is 1. The van der Waals surface area contributed by atoms with Crippen molar-refractivity contribution in [1.82, 2.24) is 0 Å². The van der Waals surface area contributed by atoms with Gasteiger partial charge in [-0.15, -0.1) is 0 Å². The lowest BCUT2D eigenvalue weighted by atomic mass is 10.1.